The first-order valence-corrected chi connectivity index (χ1v) is 13.8. The van der Waals surface area contributed by atoms with E-state index in [-0.39, 0.29) is 30.6 Å². The molecule has 11 heteroatoms. The molecule has 0 aliphatic carbocycles. The summed E-state index contributed by atoms with van der Waals surface area (Å²) < 4.78 is 12.5. The van der Waals surface area contributed by atoms with Crippen LogP contribution in [-0.2, 0) is 15.7 Å². The van der Waals surface area contributed by atoms with Crippen molar-refractivity contribution in [1.29, 1.82) is 0 Å². The minimum atomic E-state index is -2.88. The van der Waals surface area contributed by atoms with Gasteiger partial charge < -0.3 is 14.9 Å². The monoisotopic (exact) mass is 524 g/mol. The Labute approximate surface area is 215 Å². The molecule has 0 aliphatic heterocycles. The molecule has 0 saturated carbocycles. The lowest BCUT2D eigenvalue weighted by atomic mass is 10.2. The number of rotatable bonds is 8. The van der Waals surface area contributed by atoms with Crippen molar-refractivity contribution in [1.82, 2.24) is 14.9 Å². The summed E-state index contributed by atoms with van der Waals surface area (Å²) >= 11 is 0. The maximum Gasteiger partial charge on any atom is 0.414 e. The highest BCUT2D eigenvalue weighted by molar-refractivity contribution is 6.99. The summed E-state index contributed by atoms with van der Waals surface area (Å²) in [5.74, 6) is -1.44. The summed E-state index contributed by atoms with van der Waals surface area (Å²) in [6.07, 6.45) is -1.03. The fourth-order valence-electron chi connectivity index (χ4n) is 4.40. The SMILES string of the molecule is CCOC(=O)NC(=O)c1c(N)n(CCO[Si](c2ccccc2)(c2ccccc2)C(C)(C)C)c(=O)[nH]c1=O. The second kappa shape index (κ2) is 11.4. The van der Waals surface area contributed by atoms with Gasteiger partial charge in [0.25, 0.3) is 19.8 Å². The first kappa shape index (κ1) is 27.6. The predicted molar refractivity (Wildman–Crippen MR) is 144 cm³/mol. The summed E-state index contributed by atoms with van der Waals surface area (Å²) in [5.41, 5.74) is 3.73. The third-order valence-corrected chi connectivity index (χ3v) is 11.1. The van der Waals surface area contributed by atoms with Gasteiger partial charge in [-0.1, -0.05) is 81.4 Å². The zero-order valence-electron chi connectivity index (χ0n) is 21.4. The summed E-state index contributed by atoms with van der Waals surface area (Å²) in [6, 6.07) is 19.9. The fraction of sp³-hybridized carbons (Fsp3) is 0.308. The lowest BCUT2D eigenvalue weighted by molar-refractivity contribution is 0.0923. The van der Waals surface area contributed by atoms with E-state index in [0.717, 1.165) is 14.9 Å². The summed E-state index contributed by atoms with van der Waals surface area (Å²) in [6.45, 7) is 8.00. The van der Waals surface area contributed by atoms with E-state index in [0.29, 0.717) is 0 Å². The van der Waals surface area contributed by atoms with Crippen LogP contribution in [0.4, 0.5) is 10.6 Å². The van der Waals surface area contributed by atoms with E-state index in [2.05, 4.69) is 30.5 Å². The van der Waals surface area contributed by atoms with Gasteiger partial charge in [0.15, 0.2) is 0 Å². The van der Waals surface area contributed by atoms with Gasteiger partial charge in [0.05, 0.1) is 19.8 Å². The first-order valence-electron chi connectivity index (χ1n) is 11.9. The molecule has 10 nitrogen and oxygen atoms in total. The Balaban J connectivity index is 1.99. The molecule has 37 heavy (non-hydrogen) atoms. The highest BCUT2D eigenvalue weighted by Crippen LogP contribution is 2.36. The number of nitrogens with two attached hydrogens (primary N) is 1. The predicted octanol–water partition coefficient (Wildman–Crippen LogP) is 1.58. The molecule has 0 spiro atoms. The smallest absolute Gasteiger partial charge is 0.414 e. The summed E-state index contributed by atoms with van der Waals surface area (Å²) in [7, 11) is -2.88. The number of carbonyl (C=O) groups excluding carboxylic acids is 2. The Kier molecular flexibility index (Phi) is 8.51. The Hall–Kier alpha value is -3.96. The topological polar surface area (TPSA) is 146 Å². The second-order valence-electron chi connectivity index (χ2n) is 9.36. The van der Waals surface area contributed by atoms with E-state index in [1.54, 1.807) is 6.92 Å². The molecule has 2 aromatic carbocycles. The van der Waals surface area contributed by atoms with E-state index in [1.807, 2.05) is 66.0 Å². The number of amides is 2. The van der Waals surface area contributed by atoms with Crippen LogP contribution in [-0.4, -0.2) is 43.1 Å². The molecule has 196 valence electrons. The zero-order valence-corrected chi connectivity index (χ0v) is 22.4. The molecule has 0 unspecified atom stereocenters. The zero-order chi connectivity index (χ0) is 27.2. The number of aromatic nitrogens is 2. The number of H-pyrrole nitrogens is 1. The highest BCUT2D eigenvalue weighted by atomic mass is 28.4. The van der Waals surface area contributed by atoms with Gasteiger partial charge in [-0.3, -0.25) is 24.5 Å². The Morgan fingerprint density at radius 2 is 1.54 bits per heavy atom. The number of alkyl carbamates (subject to hydrolysis) is 1. The third-order valence-electron chi connectivity index (χ3n) is 6.01. The quantitative estimate of drug-likeness (QED) is 0.379. The number of imide groups is 1. The number of ether oxygens (including phenoxy) is 1. The lowest BCUT2D eigenvalue weighted by Gasteiger charge is -2.43. The largest absolute Gasteiger partial charge is 0.450 e. The van der Waals surface area contributed by atoms with Gasteiger partial charge in [0.1, 0.15) is 11.4 Å². The van der Waals surface area contributed by atoms with Crippen molar-refractivity contribution in [2.24, 2.45) is 0 Å². The molecular formula is C26H32N4O6Si. The summed E-state index contributed by atoms with van der Waals surface area (Å²) in [4.78, 5) is 51.2. The number of nitrogen functional groups attached to an aromatic ring is 1. The van der Waals surface area contributed by atoms with Crippen molar-refractivity contribution in [2.75, 3.05) is 18.9 Å². The van der Waals surface area contributed by atoms with Crippen LogP contribution >= 0.6 is 0 Å². The number of anilines is 1. The van der Waals surface area contributed by atoms with Crippen LogP contribution in [0.1, 0.15) is 38.1 Å². The van der Waals surface area contributed by atoms with Crippen LogP contribution in [0.5, 0.6) is 0 Å². The first-order chi connectivity index (χ1) is 17.5. The average Bonchev–Trinajstić information content (AvgIpc) is 2.84. The number of nitrogens with zero attached hydrogens (tertiary/aromatic N) is 1. The van der Waals surface area contributed by atoms with E-state index in [4.69, 9.17) is 10.2 Å². The molecular weight excluding hydrogens is 492 g/mol. The molecule has 0 radical (unpaired) electrons. The molecule has 1 aromatic heterocycles. The van der Waals surface area contributed by atoms with Crippen LogP contribution < -0.4 is 32.7 Å². The third kappa shape index (κ3) is 5.73. The minimum Gasteiger partial charge on any atom is -0.450 e. The molecule has 3 rings (SSSR count). The number of nitrogens with one attached hydrogen (secondary N) is 2. The number of carbonyl (C=O) groups is 2. The van der Waals surface area contributed by atoms with Gasteiger partial charge in [-0.25, -0.2) is 9.59 Å². The molecule has 2 amide bonds. The van der Waals surface area contributed by atoms with Crippen LogP contribution in [0.3, 0.4) is 0 Å². The van der Waals surface area contributed by atoms with Crippen LogP contribution in [0.2, 0.25) is 5.04 Å². The minimum absolute atomic E-state index is 0.0318. The van der Waals surface area contributed by atoms with Crippen molar-refractivity contribution in [3.05, 3.63) is 87.1 Å². The van der Waals surface area contributed by atoms with Gasteiger partial charge >= 0.3 is 11.8 Å². The molecule has 0 aliphatic rings. The fourth-order valence-corrected chi connectivity index (χ4v) is 8.96. The standard InChI is InChI=1S/C26H32N4O6Si/c1-5-35-25(34)29-23(32)20-21(27)30(24(33)28-22(20)31)16-17-36-37(26(2,3)4,18-12-8-6-9-13-18)19-14-10-7-11-15-19/h6-15H,5,16-17,27H2,1-4H3,(H,28,31,33)(H,29,32,34). The lowest BCUT2D eigenvalue weighted by Crippen LogP contribution is -2.66. The normalized spacial score (nSPS) is 11.7. The van der Waals surface area contributed by atoms with Crippen LogP contribution in [0.15, 0.2) is 70.3 Å². The van der Waals surface area contributed by atoms with Crippen molar-refractivity contribution in [3.63, 3.8) is 0 Å². The highest BCUT2D eigenvalue weighted by Gasteiger charge is 2.50. The molecule has 3 aromatic rings. The Bertz CT molecular complexity index is 1320. The van der Waals surface area contributed by atoms with E-state index >= 15 is 0 Å². The van der Waals surface area contributed by atoms with Crippen molar-refractivity contribution in [3.8, 4) is 0 Å². The van der Waals surface area contributed by atoms with E-state index in [9.17, 15) is 19.2 Å². The Morgan fingerprint density at radius 1 is 1.00 bits per heavy atom. The van der Waals surface area contributed by atoms with E-state index in [1.165, 1.54) is 0 Å². The Morgan fingerprint density at radius 3 is 2.03 bits per heavy atom. The van der Waals surface area contributed by atoms with Gasteiger partial charge in [-0.05, 0) is 22.3 Å². The van der Waals surface area contributed by atoms with Gasteiger partial charge in [-0.15, -0.1) is 0 Å². The molecule has 0 fully saturated rings. The van der Waals surface area contributed by atoms with Gasteiger partial charge in [0.2, 0.25) is 0 Å². The van der Waals surface area contributed by atoms with Crippen molar-refractivity contribution < 1.29 is 18.8 Å². The van der Waals surface area contributed by atoms with Crippen LogP contribution in [0, 0.1) is 0 Å². The van der Waals surface area contributed by atoms with E-state index < -0.39 is 37.1 Å². The maximum absolute atomic E-state index is 12.6. The maximum atomic E-state index is 12.6. The molecule has 4 N–H and O–H groups in total. The van der Waals surface area contributed by atoms with Crippen molar-refractivity contribution in [2.45, 2.75) is 39.3 Å². The van der Waals surface area contributed by atoms with Gasteiger partial charge in [0, 0.05) is 0 Å². The molecule has 1 heterocycles. The van der Waals surface area contributed by atoms with Gasteiger partial charge in [-0.2, -0.15) is 0 Å². The second-order valence-corrected chi connectivity index (χ2v) is 13.7. The van der Waals surface area contributed by atoms with Crippen molar-refractivity contribution >= 4 is 36.5 Å². The number of benzene rings is 2. The number of hydrogen-bond donors (Lipinski definition) is 3. The summed E-state index contributed by atoms with van der Waals surface area (Å²) in [5, 5.41) is 3.76. The van der Waals surface area contributed by atoms with Crippen LogP contribution in [0.25, 0.3) is 0 Å². The average molecular weight is 525 g/mol. The molecule has 0 atom stereocenters. The molecule has 0 bridgehead atoms. The number of aromatic amines is 1. The molecule has 0 saturated heterocycles. The number of hydrogen-bond acceptors (Lipinski definition) is 7.